The lowest BCUT2D eigenvalue weighted by Gasteiger charge is -1.97. The molecule has 0 aromatic heterocycles. The van der Waals surface area contributed by atoms with Gasteiger partial charge in [-0.25, -0.2) is 8.78 Å². The quantitative estimate of drug-likeness (QED) is 0.678. The van der Waals surface area contributed by atoms with Crippen molar-refractivity contribution in [2.24, 2.45) is 0 Å². The fourth-order valence-electron chi connectivity index (χ4n) is 0.642. The van der Waals surface area contributed by atoms with Crippen LogP contribution in [0, 0.1) is 0 Å². The molecular weight excluding hydrogens is 226 g/mol. The van der Waals surface area contributed by atoms with Gasteiger partial charge in [0.05, 0.1) is 0 Å². The van der Waals surface area contributed by atoms with Gasteiger partial charge < -0.3 is 0 Å². The Hall–Kier alpha value is -0.440. The van der Waals surface area contributed by atoms with Crippen LogP contribution in [0.4, 0.5) is 8.78 Å². The third kappa shape index (κ3) is 3.81. The van der Waals surface area contributed by atoms with E-state index in [9.17, 15) is 8.78 Å². The number of benzene rings is 1. The molecule has 0 fully saturated rings. The van der Waals surface area contributed by atoms with E-state index in [4.69, 9.17) is 0 Å². The van der Waals surface area contributed by atoms with Crippen LogP contribution >= 0.6 is 15.9 Å². The monoisotopic (exact) mass is 236 g/mol. The van der Waals surface area contributed by atoms with Crippen LogP contribution in [0.2, 0.25) is 0 Å². The lowest BCUT2D eigenvalue weighted by Crippen LogP contribution is -1.81. The molecule has 0 aliphatic carbocycles. The molecule has 1 aromatic rings. The molecule has 0 atom stereocenters. The van der Waals surface area contributed by atoms with Crippen LogP contribution in [0.3, 0.4) is 0 Å². The normalized spacial score (nSPS) is 9.17. The molecule has 0 saturated carbocycles. The Morgan fingerprint density at radius 1 is 1.25 bits per heavy atom. The average Bonchev–Trinajstić information content (AvgIpc) is 2.08. The van der Waals surface area contributed by atoms with Gasteiger partial charge in [0, 0.05) is 10.0 Å². The molecule has 0 saturated heterocycles. The van der Waals surface area contributed by atoms with E-state index in [0.29, 0.717) is 4.47 Å². The van der Waals surface area contributed by atoms with Gasteiger partial charge in [0.1, 0.15) is 0 Å². The number of rotatable bonds is 1. The molecule has 1 rings (SSSR count). The van der Waals surface area contributed by atoms with Crippen LogP contribution in [-0.2, 0) is 0 Å². The van der Waals surface area contributed by atoms with Gasteiger partial charge in [0.15, 0.2) is 0 Å². The minimum Gasteiger partial charge on any atom is -0.205 e. The summed E-state index contributed by atoms with van der Waals surface area (Å²) in [5.41, 5.74) is 0.0503. The molecule has 0 N–H and O–H groups in total. The van der Waals surface area contributed by atoms with Crippen molar-refractivity contribution in [2.45, 2.75) is 20.3 Å². The molecule has 0 spiro atoms. The molecule has 0 aliphatic rings. The Morgan fingerprint density at radius 3 is 2.17 bits per heavy atom. The molecule has 0 bridgehead atoms. The lowest BCUT2D eigenvalue weighted by molar-refractivity contribution is 0.151. The first-order valence-corrected chi connectivity index (χ1v) is 4.53. The second-order valence-corrected chi connectivity index (χ2v) is 2.77. The molecule has 0 aliphatic heterocycles. The Kier molecular flexibility index (Phi) is 5.89. The van der Waals surface area contributed by atoms with Gasteiger partial charge >= 0.3 is 0 Å². The third-order valence-electron chi connectivity index (χ3n) is 1.10. The highest BCUT2D eigenvalue weighted by molar-refractivity contribution is 9.10. The van der Waals surface area contributed by atoms with Gasteiger partial charge in [-0.15, -0.1) is 0 Å². The predicted octanol–water partition coefficient (Wildman–Crippen LogP) is 4.41. The van der Waals surface area contributed by atoms with E-state index in [0.717, 1.165) is 0 Å². The van der Waals surface area contributed by atoms with Crippen LogP contribution < -0.4 is 0 Å². The van der Waals surface area contributed by atoms with Crippen molar-refractivity contribution >= 4 is 15.9 Å². The second-order valence-electron chi connectivity index (χ2n) is 1.86. The van der Waals surface area contributed by atoms with E-state index >= 15 is 0 Å². The molecule has 12 heavy (non-hydrogen) atoms. The molecule has 68 valence electrons. The van der Waals surface area contributed by atoms with E-state index in [1.807, 2.05) is 13.8 Å². The third-order valence-corrected chi connectivity index (χ3v) is 1.59. The molecule has 0 radical (unpaired) electrons. The Balaban J connectivity index is 0.000000561. The van der Waals surface area contributed by atoms with E-state index < -0.39 is 6.43 Å². The largest absolute Gasteiger partial charge is 0.263 e. The zero-order chi connectivity index (χ0) is 9.56. The highest BCUT2D eigenvalue weighted by Gasteiger charge is 2.04. The maximum Gasteiger partial charge on any atom is 0.263 e. The molecule has 0 unspecified atom stereocenters. The summed E-state index contributed by atoms with van der Waals surface area (Å²) in [5, 5.41) is 0. The predicted molar refractivity (Wildman–Crippen MR) is 50.4 cm³/mol. The Bertz CT molecular complexity index is 224. The Morgan fingerprint density at radius 2 is 1.83 bits per heavy atom. The van der Waals surface area contributed by atoms with Crippen LogP contribution in [0.1, 0.15) is 25.8 Å². The van der Waals surface area contributed by atoms with Gasteiger partial charge in [-0.1, -0.05) is 41.9 Å². The van der Waals surface area contributed by atoms with Crippen LogP contribution in [-0.4, -0.2) is 0 Å². The van der Waals surface area contributed by atoms with Crippen molar-refractivity contribution in [1.29, 1.82) is 0 Å². The first-order valence-electron chi connectivity index (χ1n) is 3.74. The summed E-state index contributed by atoms with van der Waals surface area (Å²) in [6.45, 7) is 4.00. The van der Waals surface area contributed by atoms with Crippen molar-refractivity contribution in [1.82, 2.24) is 0 Å². The number of hydrogen-bond donors (Lipinski definition) is 0. The molecule has 0 heterocycles. The lowest BCUT2D eigenvalue weighted by atomic mass is 10.2. The average molecular weight is 237 g/mol. The van der Waals surface area contributed by atoms with Gasteiger partial charge in [0.25, 0.3) is 6.43 Å². The molecular formula is C9H11BrF2. The summed E-state index contributed by atoms with van der Waals surface area (Å²) in [6, 6.07) is 6.11. The minimum absolute atomic E-state index is 0.0503. The van der Waals surface area contributed by atoms with Crippen molar-refractivity contribution in [3.05, 3.63) is 34.3 Å². The topological polar surface area (TPSA) is 0 Å². The molecule has 1 aromatic carbocycles. The van der Waals surface area contributed by atoms with Crippen LogP contribution in [0.5, 0.6) is 0 Å². The SMILES string of the molecule is CC.FC(F)c1cccc(Br)c1. The maximum atomic E-state index is 11.9. The van der Waals surface area contributed by atoms with Gasteiger partial charge in [-0.2, -0.15) is 0 Å². The summed E-state index contributed by atoms with van der Waals surface area (Å²) >= 11 is 3.10. The smallest absolute Gasteiger partial charge is 0.205 e. The Labute approximate surface area is 79.7 Å². The summed E-state index contributed by atoms with van der Waals surface area (Å²) in [5.74, 6) is 0. The summed E-state index contributed by atoms with van der Waals surface area (Å²) in [7, 11) is 0. The fraction of sp³-hybridized carbons (Fsp3) is 0.333. The number of hydrogen-bond acceptors (Lipinski definition) is 0. The van der Waals surface area contributed by atoms with Gasteiger partial charge in [-0.3, -0.25) is 0 Å². The zero-order valence-electron chi connectivity index (χ0n) is 7.02. The first-order chi connectivity index (χ1) is 5.70. The summed E-state index contributed by atoms with van der Waals surface area (Å²) < 4.78 is 24.5. The van der Waals surface area contributed by atoms with E-state index in [1.165, 1.54) is 12.1 Å². The van der Waals surface area contributed by atoms with Crippen molar-refractivity contribution in [3.63, 3.8) is 0 Å². The number of alkyl halides is 2. The van der Waals surface area contributed by atoms with Crippen LogP contribution in [0.15, 0.2) is 28.7 Å². The second kappa shape index (κ2) is 6.12. The van der Waals surface area contributed by atoms with E-state index in [2.05, 4.69) is 15.9 Å². The molecule has 3 heteroatoms. The van der Waals surface area contributed by atoms with Crippen molar-refractivity contribution in [3.8, 4) is 0 Å². The summed E-state index contributed by atoms with van der Waals surface area (Å²) in [6.07, 6.45) is -2.38. The molecule has 0 nitrogen and oxygen atoms in total. The maximum absolute atomic E-state index is 11.9. The fourth-order valence-corrected chi connectivity index (χ4v) is 1.06. The van der Waals surface area contributed by atoms with E-state index in [-0.39, 0.29) is 5.56 Å². The minimum atomic E-state index is -2.38. The first kappa shape index (κ1) is 11.6. The van der Waals surface area contributed by atoms with Crippen LogP contribution in [0.25, 0.3) is 0 Å². The summed E-state index contributed by atoms with van der Waals surface area (Å²) in [4.78, 5) is 0. The standard InChI is InChI=1S/C7H5BrF2.C2H6/c8-6-3-1-2-5(4-6)7(9)10;1-2/h1-4,7H;1-2H3. The highest BCUT2D eigenvalue weighted by Crippen LogP contribution is 2.21. The highest BCUT2D eigenvalue weighted by atomic mass is 79.9. The van der Waals surface area contributed by atoms with Crippen molar-refractivity contribution in [2.75, 3.05) is 0 Å². The zero-order valence-corrected chi connectivity index (χ0v) is 8.61. The number of halogens is 3. The van der Waals surface area contributed by atoms with E-state index in [1.54, 1.807) is 12.1 Å². The molecule has 0 amide bonds. The van der Waals surface area contributed by atoms with Crippen molar-refractivity contribution < 1.29 is 8.78 Å². The van der Waals surface area contributed by atoms with Gasteiger partial charge in [-0.05, 0) is 12.1 Å². The van der Waals surface area contributed by atoms with Gasteiger partial charge in [0.2, 0.25) is 0 Å².